The zero-order valence-corrected chi connectivity index (χ0v) is 12.2. The fourth-order valence-electron chi connectivity index (χ4n) is 2.12. The van der Waals surface area contributed by atoms with Gasteiger partial charge in [-0.1, -0.05) is 18.2 Å². The van der Waals surface area contributed by atoms with Crippen LogP contribution >= 0.6 is 11.3 Å². The fraction of sp³-hybridized carbons (Fsp3) is 0.133. The molecule has 5 nitrogen and oxygen atoms in total. The molecule has 106 valence electrons. The van der Waals surface area contributed by atoms with Crippen LogP contribution < -0.4 is 10.9 Å². The molecule has 1 aromatic carbocycles. The summed E-state index contributed by atoms with van der Waals surface area (Å²) in [6.07, 6.45) is 0. The number of nitrogens with zero attached hydrogens (tertiary/aromatic N) is 1. The number of amides is 1. The van der Waals surface area contributed by atoms with Crippen molar-refractivity contribution >= 4 is 28.0 Å². The Kier molecular flexibility index (Phi) is 3.53. The highest BCUT2D eigenvalue weighted by Gasteiger charge is 2.14. The van der Waals surface area contributed by atoms with E-state index in [4.69, 9.17) is 0 Å². The minimum atomic E-state index is -0.296. The van der Waals surface area contributed by atoms with E-state index in [0.29, 0.717) is 17.3 Å². The lowest BCUT2D eigenvalue weighted by molar-refractivity contribution is 0.0947. The monoisotopic (exact) mass is 299 g/mol. The van der Waals surface area contributed by atoms with Gasteiger partial charge in [0.15, 0.2) is 5.69 Å². The van der Waals surface area contributed by atoms with E-state index < -0.39 is 0 Å². The number of benzene rings is 1. The van der Waals surface area contributed by atoms with Gasteiger partial charge in [-0.25, -0.2) is 5.10 Å². The summed E-state index contributed by atoms with van der Waals surface area (Å²) < 4.78 is 0. The number of hydrogen-bond donors (Lipinski definition) is 2. The molecule has 0 fully saturated rings. The molecular formula is C15H13N3O2S. The van der Waals surface area contributed by atoms with Gasteiger partial charge in [-0.05, 0) is 30.0 Å². The summed E-state index contributed by atoms with van der Waals surface area (Å²) in [6.45, 7) is 2.46. The van der Waals surface area contributed by atoms with Crippen molar-refractivity contribution in [3.05, 3.63) is 62.2 Å². The van der Waals surface area contributed by atoms with Crippen molar-refractivity contribution in [3.63, 3.8) is 0 Å². The van der Waals surface area contributed by atoms with Gasteiger partial charge in [-0.15, -0.1) is 11.3 Å². The first-order valence-corrected chi connectivity index (χ1v) is 7.33. The molecule has 2 N–H and O–H groups in total. The maximum absolute atomic E-state index is 12.3. The molecule has 0 radical (unpaired) electrons. The number of thiophene rings is 1. The number of rotatable bonds is 3. The summed E-state index contributed by atoms with van der Waals surface area (Å²) in [6, 6.07) is 8.96. The molecule has 3 aromatic rings. The van der Waals surface area contributed by atoms with Crippen molar-refractivity contribution in [2.45, 2.75) is 13.5 Å². The zero-order valence-electron chi connectivity index (χ0n) is 11.3. The molecule has 0 atom stereocenters. The molecule has 21 heavy (non-hydrogen) atoms. The van der Waals surface area contributed by atoms with Gasteiger partial charge in [0.1, 0.15) is 0 Å². The Hall–Kier alpha value is -2.47. The molecule has 0 aliphatic heterocycles. The largest absolute Gasteiger partial charge is 0.346 e. The quantitative estimate of drug-likeness (QED) is 0.778. The number of aryl methyl sites for hydroxylation is 1. The lowest BCUT2D eigenvalue weighted by Crippen LogP contribution is -2.26. The van der Waals surface area contributed by atoms with Crippen molar-refractivity contribution in [1.29, 1.82) is 0 Å². The van der Waals surface area contributed by atoms with Gasteiger partial charge in [-0.3, -0.25) is 9.59 Å². The first-order valence-electron chi connectivity index (χ1n) is 6.45. The SMILES string of the molecule is Cc1ccsc1CNC(=O)c1n[nH]c(=O)c2ccccc12. The fourth-order valence-corrected chi connectivity index (χ4v) is 2.96. The third kappa shape index (κ3) is 2.57. The van der Waals surface area contributed by atoms with E-state index in [0.717, 1.165) is 10.4 Å². The van der Waals surface area contributed by atoms with Gasteiger partial charge in [0.2, 0.25) is 0 Å². The summed E-state index contributed by atoms with van der Waals surface area (Å²) in [7, 11) is 0. The third-order valence-electron chi connectivity index (χ3n) is 3.29. The summed E-state index contributed by atoms with van der Waals surface area (Å²) in [5.74, 6) is -0.296. The van der Waals surface area contributed by atoms with Gasteiger partial charge >= 0.3 is 0 Å². The average molecular weight is 299 g/mol. The summed E-state index contributed by atoms with van der Waals surface area (Å²) in [4.78, 5) is 25.1. The highest BCUT2D eigenvalue weighted by Crippen LogP contribution is 2.16. The van der Waals surface area contributed by atoms with Crippen LogP contribution in [0.4, 0.5) is 0 Å². The standard InChI is InChI=1S/C15H13N3O2S/c1-9-6-7-21-12(9)8-16-15(20)13-10-4-2-3-5-11(10)14(19)18-17-13/h2-7H,8H2,1H3,(H,16,20)(H,18,19). The maximum atomic E-state index is 12.3. The van der Waals surface area contributed by atoms with Crippen LogP contribution in [0.5, 0.6) is 0 Å². The Morgan fingerprint density at radius 1 is 1.29 bits per heavy atom. The predicted octanol–water partition coefficient (Wildman–Crippen LogP) is 2.22. The molecule has 0 bridgehead atoms. The number of aromatic amines is 1. The molecule has 0 saturated heterocycles. The van der Waals surface area contributed by atoms with Crippen LogP contribution in [0.3, 0.4) is 0 Å². The second-order valence-corrected chi connectivity index (χ2v) is 5.66. The van der Waals surface area contributed by atoms with Gasteiger partial charge < -0.3 is 5.32 Å². The van der Waals surface area contributed by atoms with Crippen molar-refractivity contribution < 1.29 is 4.79 Å². The lowest BCUT2D eigenvalue weighted by Gasteiger charge is -2.06. The first kappa shape index (κ1) is 13.5. The van der Waals surface area contributed by atoms with Crippen LogP contribution in [0.15, 0.2) is 40.5 Å². The number of nitrogens with one attached hydrogen (secondary N) is 2. The van der Waals surface area contributed by atoms with Gasteiger partial charge in [-0.2, -0.15) is 5.10 Å². The van der Waals surface area contributed by atoms with Gasteiger partial charge in [0.25, 0.3) is 11.5 Å². The molecule has 2 heterocycles. The number of carbonyl (C=O) groups is 1. The third-order valence-corrected chi connectivity index (χ3v) is 4.31. The highest BCUT2D eigenvalue weighted by atomic mass is 32.1. The molecule has 2 aromatic heterocycles. The minimum Gasteiger partial charge on any atom is -0.346 e. The molecule has 3 rings (SSSR count). The van der Waals surface area contributed by atoms with Gasteiger partial charge in [0, 0.05) is 10.3 Å². The van der Waals surface area contributed by atoms with Crippen molar-refractivity contribution in [2.75, 3.05) is 0 Å². The summed E-state index contributed by atoms with van der Waals surface area (Å²) in [5, 5.41) is 12.1. The van der Waals surface area contributed by atoms with E-state index in [1.807, 2.05) is 18.4 Å². The predicted molar refractivity (Wildman–Crippen MR) is 82.6 cm³/mol. The minimum absolute atomic E-state index is 0.236. The Balaban J connectivity index is 1.90. The Morgan fingerprint density at radius 2 is 2.05 bits per heavy atom. The summed E-state index contributed by atoms with van der Waals surface area (Å²) >= 11 is 1.60. The maximum Gasteiger partial charge on any atom is 0.272 e. The number of H-pyrrole nitrogens is 1. The van der Waals surface area contributed by atoms with Crippen molar-refractivity contribution in [1.82, 2.24) is 15.5 Å². The van der Waals surface area contributed by atoms with E-state index in [2.05, 4.69) is 15.5 Å². The van der Waals surface area contributed by atoms with Crippen molar-refractivity contribution in [3.8, 4) is 0 Å². The smallest absolute Gasteiger partial charge is 0.272 e. The second-order valence-electron chi connectivity index (χ2n) is 4.66. The van der Waals surface area contributed by atoms with Gasteiger partial charge in [0.05, 0.1) is 11.9 Å². The van der Waals surface area contributed by atoms with Crippen LogP contribution in [-0.2, 0) is 6.54 Å². The molecule has 0 saturated carbocycles. The second kappa shape index (κ2) is 5.49. The lowest BCUT2D eigenvalue weighted by atomic mass is 10.1. The number of aromatic nitrogens is 2. The summed E-state index contributed by atoms with van der Waals surface area (Å²) in [5.41, 5.74) is 1.09. The zero-order chi connectivity index (χ0) is 14.8. The molecule has 0 aliphatic rings. The van der Waals surface area contributed by atoms with Crippen LogP contribution in [0, 0.1) is 6.92 Å². The Bertz CT molecular complexity index is 866. The molecule has 6 heteroatoms. The van der Waals surface area contributed by atoms with Crippen LogP contribution in [-0.4, -0.2) is 16.1 Å². The first-order chi connectivity index (χ1) is 10.2. The molecule has 0 aliphatic carbocycles. The van der Waals surface area contributed by atoms with Crippen molar-refractivity contribution in [2.24, 2.45) is 0 Å². The van der Waals surface area contributed by atoms with Crippen LogP contribution in [0.25, 0.3) is 10.8 Å². The Labute approximate surface area is 124 Å². The van der Waals surface area contributed by atoms with E-state index in [-0.39, 0.29) is 17.2 Å². The van der Waals surface area contributed by atoms with E-state index in [1.165, 1.54) is 0 Å². The Morgan fingerprint density at radius 3 is 2.76 bits per heavy atom. The van der Waals surface area contributed by atoms with E-state index in [9.17, 15) is 9.59 Å². The highest BCUT2D eigenvalue weighted by molar-refractivity contribution is 7.10. The number of fused-ring (bicyclic) bond motifs is 1. The normalized spacial score (nSPS) is 10.7. The van der Waals surface area contributed by atoms with Crippen LogP contribution in [0.1, 0.15) is 20.9 Å². The van der Waals surface area contributed by atoms with E-state index >= 15 is 0 Å². The number of hydrogen-bond acceptors (Lipinski definition) is 4. The topological polar surface area (TPSA) is 74.8 Å². The van der Waals surface area contributed by atoms with Crippen LogP contribution in [0.2, 0.25) is 0 Å². The molecule has 0 spiro atoms. The molecule has 1 amide bonds. The average Bonchev–Trinajstić information content (AvgIpc) is 2.91. The van der Waals surface area contributed by atoms with E-state index in [1.54, 1.807) is 35.6 Å². The molecular weight excluding hydrogens is 286 g/mol. The number of carbonyl (C=O) groups excluding carboxylic acids is 1. The molecule has 0 unspecified atom stereocenters.